The van der Waals surface area contributed by atoms with Crippen molar-refractivity contribution in [2.45, 2.75) is 25.3 Å². The van der Waals surface area contributed by atoms with Gasteiger partial charge in [0.25, 0.3) is 0 Å². The van der Waals surface area contributed by atoms with Crippen molar-refractivity contribution >= 4 is 0 Å². The molecule has 0 spiro atoms. The zero-order valence-corrected chi connectivity index (χ0v) is 10.4. The lowest BCUT2D eigenvalue weighted by molar-refractivity contribution is -0.217. The normalized spacial score (nSPS) is 13.5. The third kappa shape index (κ3) is 7.15. The van der Waals surface area contributed by atoms with Crippen LogP contribution in [0.5, 0.6) is 0 Å². The Hall–Kier alpha value is -1.11. The van der Waals surface area contributed by atoms with E-state index in [1.54, 1.807) is 0 Å². The van der Waals surface area contributed by atoms with Crippen molar-refractivity contribution in [1.82, 2.24) is 0 Å². The molecule has 1 aromatic rings. The summed E-state index contributed by atoms with van der Waals surface area (Å²) in [5, 5.41) is 8.66. The molecule has 1 aromatic carbocycles. The predicted molar refractivity (Wildman–Crippen MR) is 63.6 cm³/mol. The molecule has 0 bridgehead atoms. The second-order valence-corrected chi connectivity index (χ2v) is 4.02. The van der Waals surface area contributed by atoms with Gasteiger partial charge in [0.05, 0.1) is 13.2 Å². The van der Waals surface area contributed by atoms with E-state index in [-0.39, 0.29) is 6.61 Å². The number of rotatable bonds is 8. The van der Waals surface area contributed by atoms with E-state index in [1.807, 2.05) is 30.3 Å². The summed E-state index contributed by atoms with van der Waals surface area (Å²) in [5.41, 5.74) is 1.04. The molecule has 0 fully saturated rings. The number of hydrogen-bond acceptors (Lipinski definition) is 3. The van der Waals surface area contributed by atoms with Crippen molar-refractivity contribution in [3.63, 3.8) is 0 Å². The highest BCUT2D eigenvalue weighted by molar-refractivity contribution is 5.13. The van der Waals surface area contributed by atoms with Gasteiger partial charge < -0.3 is 14.6 Å². The molecular formula is C13H17F3O3. The molecule has 1 N–H and O–H groups in total. The van der Waals surface area contributed by atoms with Crippen molar-refractivity contribution < 1.29 is 27.8 Å². The second-order valence-electron chi connectivity index (χ2n) is 4.02. The summed E-state index contributed by atoms with van der Waals surface area (Å²) in [5.74, 6) is 0. The molecule has 0 aliphatic rings. The van der Waals surface area contributed by atoms with E-state index in [0.29, 0.717) is 19.6 Å². The SMILES string of the molecule is OC(COCCCOCc1ccccc1)C(F)(F)F. The highest BCUT2D eigenvalue weighted by Gasteiger charge is 2.38. The van der Waals surface area contributed by atoms with Crippen LogP contribution in [-0.2, 0) is 16.1 Å². The molecule has 108 valence electrons. The van der Waals surface area contributed by atoms with Gasteiger partial charge in [0, 0.05) is 13.2 Å². The molecule has 1 unspecified atom stereocenters. The summed E-state index contributed by atoms with van der Waals surface area (Å²) >= 11 is 0. The van der Waals surface area contributed by atoms with Gasteiger partial charge >= 0.3 is 6.18 Å². The zero-order chi connectivity index (χ0) is 14.1. The summed E-state index contributed by atoms with van der Waals surface area (Å²) in [6.07, 6.45) is -6.56. The van der Waals surface area contributed by atoms with Gasteiger partial charge in [-0.05, 0) is 12.0 Å². The molecule has 0 aliphatic carbocycles. The monoisotopic (exact) mass is 278 g/mol. The van der Waals surface area contributed by atoms with E-state index in [4.69, 9.17) is 14.6 Å². The molecule has 0 aliphatic heterocycles. The topological polar surface area (TPSA) is 38.7 Å². The van der Waals surface area contributed by atoms with Crippen LogP contribution >= 0.6 is 0 Å². The molecule has 3 nitrogen and oxygen atoms in total. The van der Waals surface area contributed by atoms with Gasteiger partial charge in [-0.3, -0.25) is 0 Å². The minimum Gasteiger partial charge on any atom is -0.382 e. The van der Waals surface area contributed by atoms with E-state index in [1.165, 1.54) is 0 Å². The van der Waals surface area contributed by atoms with E-state index in [0.717, 1.165) is 5.56 Å². The summed E-state index contributed by atoms with van der Waals surface area (Å²) < 4.78 is 45.8. The van der Waals surface area contributed by atoms with E-state index in [9.17, 15) is 13.2 Å². The van der Waals surface area contributed by atoms with Crippen LogP contribution in [-0.4, -0.2) is 37.2 Å². The quantitative estimate of drug-likeness (QED) is 0.743. The van der Waals surface area contributed by atoms with Gasteiger partial charge in [0.2, 0.25) is 0 Å². The number of hydrogen-bond donors (Lipinski definition) is 1. The first-order valence-corrected chi connectivity index (χ1v) is 5.94. The van der Waals surface area contributed by atoms with E-state index >= 15 is 0 Å². The standard InChI is InChI=1S/C13H17F3O3/c14-13(15,16)12(17)10-19-8-4-7-18-9-11-5-2-1-3-6-11/h1-3,5-6,12,17H,4,7-10H2. The molecule has 6 heteroatoms. The Morgan fingerprint density at radius 2 is 1.68 bits per heavy atom. The predicted octanol–water partition coefficient (Wildman–Crippen LogP) is 2.53. The fraction of sp³-hybridized carbons (Fsp3) is 0.538. The van der Waals surface area contributed by atoms with Gasteiger partial charge in [-0.15, -0.1) is 0 Å². The van der Waals surface area contributed by atoms with Gasteiger partial charge in [-0.1, -0.05) is 30.3 Å². The summed E-state index contributed by atoms with van der Waals surface area (Å²) in [7, 11) is 0. The minimum absolute atomic E-state index is 0.127. The highest BCUT2D eigenvalue weighted by atomic mass is 19.4. The van der Waals surface area contributed by atoms with Crippen molar-refractivity contribution in [3.8, 4) is 0 Å². The first-order valence-electron chi connectivity index (χ1n) is 5.94. The number of aliphatic hydroxyl groups is 1. The Morgan fingerprint density at radius 3 is 2.32 bits per heavy atom. The number of ether oxygens (including phenoxy) is 2. The van der Waals surface area contributed by atoms with Crippen LogP contribution in [0.25, 0.3) is 0 Å². The molecule has 0 heterocycles. The number of alkyl halides is 3. The van der Waals surface area contributed by atoms with Crippen molar-refractivity contribution in [2.75, 3.05) is 19.8 Å². The maximum Gasteiger partial charge on any atom is 0.416 e. The first kappa shape index (κ1) is 15.9. The molecule has 19 heavy (non-hydrogen) atoms. The lowest BCUT2D eigenvalue weighted by Gasteiger charge is -2.14. The molecule has 1 rings (SSSR count). The van der Waals surface area contributed by atoms with Crippen LogP contribution in [0.4, 0.5) is 13.2 Å². The Morgan fingerprint density at radius 1 is 1.05 bits per heavy atom. The average Bonchev–Trinajstić information content (AvgIpc) is 2.37. The Labute approximate surface area is 110 Å². The Kier molecular flexibility index (Phi) is 6.83. The van der Waals surface area contributed by atoms with Crippen molar-refractivity contribution in [3.05, 3.63) is 35.9 Å². The molecule has 0 aromatic heterocycles. The smallest absolute Gasteiger partial charge is 0.382 e. The van der Waals surface area contributed by atoms with Crippen LogP contribution in [0.1, 0.15) is 12.0 Å². The summed E-state index contributed by atoms with van der Waals surface area (Å²) in [4.78, 5) is 0. The Balaban J connectivity index is 1.97. The van der Waals surface area contributed by atoms with Gasteiger partial charge in [-0.25, -0.2) is 0 Å². The maximum absolute atomic E-state index is 11.9. The molecule has 0 saturated carbocycles. The lowest BCUT2D eigenvalue weighted by Crippen LogP contribution is -2.33. The zero-order valence-electron chi connectivity index (χ0n) is 10.4. The number of aliphatic hydroxyl groups excluding tert-OH is 1. The molecule has 1 atom stereocenters. The van der Waals surface area contributed by atoms with Crippen LogP contribution in [0.15, 0.2) is 30.3 Å². The highest BCUT2D eigenvalue weighted by Crippen LogP contribution is 2.19. The largest absolute Gasteiger partial charge is 0.416 e. The number of halogens is 3. The van der Waals surface area contributed by atoms with Crippen LogP contribution in [0, 0.1) is 0 Å². The van der Waals surface area contributed by atoms with Crippen molar-refractivity contribution in [2.24, 2.45) is 0 Å². The van der Waals surface area contributed by atoms with E-state index in [2.05, 4.69) is 0 Å². The third-order valence-corrected chi connectivity index (χ3v) is 2.34. The molecular weight excluding hydrogens is 261 g/mol. The van der Waals surface area contributed by atoms with Crippen LogP contribution in [0.2, 0.25) is 0 Å². The molecule has 0 radical (unpaired) electrons. The fourth-order valence-electron chi connectivity index (χ4n) is 1.32. The van der Waals surface area contributed by atoms with E-state index < -0.39 is 18.9 Å². The third-order valence-electron chi connectivity index (χ3n) is 2.34. The van der Waals surface area contributed by atoms with Gasteiger partial charge in [-0.2, -0.15) is 13.2 Å². The summed E-state index contributed by atoms with van der Waals surface area (Å²) in [6, 6.07) is 9.57. The number of benzene rings is 1. The molecule has 0 amide bonds. The lowest BCUT2D eigenvalue weighted by atomic mass is 10.2. The van der Waals surface area contributed by atoms with Crippen molar-refractivity contribution in [1.29, 1.82) is 0 Å². The van der Waals surface area contributed by atoms with Gasteiger partial charge in [0.15, 0.2) is 6.10 Å². The minimum atomic E-state index is -4.62. The van der Waals surface area contributed by atoms with Crippen LogP contribution in [0.3, 0.4) is 0 Å². The van der Waals surface area contributed by atoms with Crippen LogP contribution < -0.4 is 0 Å². The molecule has 0 saturated heterocycles. The van der Waals surface area contributed by atoms with Gasteiger partial charge in [0.1, 0.15) is 0 Å². The average molecular weight is 278 g/mol. The summed E-state index contributed by atoms with van der Waals surface area (Å²) in [6.45, 7) is 0.257. The Bertz CT molecular complexity index is 341. The second kappa shape index (κ2) is 8.14. The maximum atomic E-state index is 11.9. The first-order chi connectivity index (χ1) is 9.00. The fourth-order valence-corrected chi connectivity index (χ4v) is 1.32.